The number of thioether (sulfide) groups is 1. The van der Waals surface area contributed by atoms with Crippen molar-refractivity contribution in [3.63, 3.8) is 0 Å². The zero-order valence-electron chi connectivity index (χ0n) is 9.08. The van der Waals surface area contributed by atoms with E-state index in [9.17, 15) is 5.11 Å². The Balaban J connectivity index is 2.66. The van der Waals surface area contributed by atoms with Crippen LogP contribution < -0.4 is 0 Å². The van der Waals surface area contributed by atoms with Gasteiger partial charge in [-0.25, -0.2) is 0 Å². The fraction of sp³-hybridized carbons (Fsp3) is 0.0769. The van der Waals surface area contributed by atoms with Crippen molar-refractivity contribution in [2.45, 2.75) is 4.90 Å². The third-order valence-electron chi connectivity index (χ3n) is 2.40. The summed E-state index contributed by atoms with van der Waals surface area (Å²) in [6, 6.07) is 11.0. The summed E-state index contributed by atoms with van der Waals surface area (Å²) in [7, 11) is 0. The normalized spacial score (nSPS) is 10.5. The third kappa shape index (κ3) is 2.79. The van der Waals surface area contributed by atoms with Gasteiger partial charge in [0.05, 0.1) is 0 Å². The van der Waals surface area contributed by atoms with Crippen LogP contribution in [0.25, 0.3) is 11.1 Å². The van der Waals surface area contributed by atoms with Crippen LogP contribution in [-0.4, -0.2) is 11.4 Å². The second-order valence-electron chi connectivity index (χ2n) is 3.51. The maximum absolute atomic E-state index is 9.57. The van der Waals surface area contributed by atoms with Gasteiger partial charge in [-0.05, 0) is 48.2 Å². The molecule has 2 aromatic carbocycles. The van der Waals surface area contributed by atoms with Crippen molar-refractivity contribution in [1.29, 1.82) is 0 Å². The van der Waals surface area contributed by atoms with Crippen molar-refractivity contribution < 1.29 is 5.11 Å². The molecule has 0 saturated carbocycles. The van der Waals surface area contributed by atoms with Gasteiger partial charge < -0.3 is 5.11 Å². The summed E-state index contributed by atoms with van der Waals surface area (Å²) in [5.74, 6) is 0.246. The average Bonchev–Trinajstić information content (AvgIpc) is 2.32. The molecule has 0 aromatic heterocycles. The van der Waals surface area contributed by atoms with E-state index in [0.29, 0.717) is 5.02 Å². The van der Waals surface area contributed by atoms with Gasteiger partial charge in [-0.15, -0.1) is 11.8 Å². The summed E-state index contributed by atoms with van der Waals surface area (Å²) >= 11 is 11.2. The number of halogens is 2. The minimum Gasteiger partial charge on any atom is -0.508 e. The van der Waals surface area contributed by atoms with Crippen LogP contribution in [0.4, 0.5) is 0 Å². The molecular formula is C13H10BrClOS. The molecule has 0 aliphatic carbocycles. The topological polar surface area (TPSA) is 20.2 Å². The smallest absolute Gasteiger partial charge is 0.116 e. The van der Waals surface area contributed by atoms with Gasteiger partial charge in [-0.3, -0.25) is 0 Å². The Hall–Kier alpha value is -0.640. The van der Waals surface area contributed by atoms with Crippen LogP contribution >= 0.6 is 39.3 Å². The molecule has 0 spiro atoms. The minimum absolute atomic E-state index is 0.246. The Kier molecular flexibility index (Phi) is 4.02. The monoisotopic (exact) mass is 328 g/mol. The predicted molar refractivity (Wildman–Crippen MR) is 78.0 cm³/mol. The lowest BCUT2D eigenvalue weighted by atomic mass is 10.1. The fourth-order valence-electron chi connectivity index (χ4n) is 1.61. The molecule has 17 heavy (non-hydrogen) atoms. The van der Waals surface area contributed by atoms with E-state index >= 15 is 0 Å². The molecular weight excluding hydrogens is 320 g/mol. The van der Waals surface area contributed by atoms with E-state index < -0.39 is 0 Å². The summed E-state index contributed by atoms with van der Waals surface area (Å²) in [6.45, 7) is 0. The van der Waals surface area contributed by atoms with Gasteiger partial charge in [0.1, 0.15) is 5.75 Å². The molecule has 2 rings (SSSR count). The molecule has 0 bridgehead atoms. The van der Waals surface area contributed by atoms with Crippen molar-refractivity contribution in [1.82, 2.24) is 0 Å². The molecule has 0 amide bonds. The van der Waals surface area contributed by atoms with E-state index in [1.54, 1.807) is 23.9 Å². The Labute approximate surface area is 118 Å². The highest BCUT2D eigenvalue weighted by Crippen LogP contribution is 2.38. The second kappa shape index (κ2) is 5.34. The van der Waals surface area contributed by atoms with Gasteiger partial charge in [-0.1, -0.05) is 27.5 Å². The molecule has 0 unspecified atom stereocenters. The van der Waals surface area contributed by atoms with Gasteiger partial charge in [0.2, 0.25) is 0 Å². The van der Waals surface area contributed by atoms with Gasteiger partial charge in [-0.2, -0.15) is 0 Å². The number of phenolic OH excluding ortho intramolecular Hbond substituents is 1. The SMILES string of the molecule is CSc1ccc(Cl)cc1-c1cc(O)ccc1Br. The third-order valence-corrected chi connectivity index (χ3v) is 4.12. The molecule has 0 aliphatic heterocycles. The Morgan fingerprint density at radius 3 is 2.59 bits per heavy atom. The Morgan fingerprint density at radius 1 is 1.12 bits per heavy atom. The zero-order chi connectivity index (χ0) is 12.4. The number of rotatable bonds is 2. The van der Waals surface area contributed by atoms with Crippen LogP contribution in [0.15, 0.2) is 45.8 Å². The van der Waals surface area contributed by atoms with Gasteiger partial charge >= 0.3 is 0 Å². The first kappa shape index (κ1) is 12.8. The van der Waals surface area contributed by atoms with E-state index in [0.717, 1.165) is 20.5 Å². The first-order valence-corrected chi connectivity index (χ1v) is 7.34. The van der Waals surface area contributed by atoms with Gasteiger partial charge in [0.25, 0.3) is 0 Å². The largest absolute Gasteiger partial charge is 0.508 e. The standard InChI is InChI=1S/C13H10BrClOS/c1-17-13-5-2-8(15)6-11(13)10-7-9(16)3-4-12(10)14/h2-7,16H,1H3. The summed E-state index contributed by atoms with van der Waals surface area (Å²) < 4.78 is 0.938. The van der Waals surface area contributed by atoms with E-state index in [1.807, 2.05) is 30.5 Å². The fourth-order valence-corrected chi connectivity index (χ4v) is 2.84. The highest BCUT2D eigenvalue weighted by molar-refractivity contribution is 9.10. The van der Waals surface area contributed by atoms with Crippen molar-refractivity contribution in [2.24, 2.45) is 0 Å². The summed E-state index contributed by atoms with van der Waals surface area (Å²) in [4.78, 5) is 1.13. The van der Waals surface area contributed by atoms with Gasteiger partial charge in [0.15, 0.2) is 0 Å². The average molecular weight is 330 g/mol. The Bertz CT molecular complexity index is 557. The first-order valence-electron chi connectivity index (χ1n) is 4.94. The minimum atomic E-state index is 0.246. The van der Waals surface area contributed by atoms with Crippen LogP contribution in [-0.2, 0) is 0 Å². The molecule has 0 saturated heterocycles. The van der Waals surface area contributed by atoms with Crippen LogP contribution in [0, 0.1) is 0 Å². The lowest BCUT2D eigenvalue weighted by Gasteiger charge is -2.10. The highest BCUT2D eigenvalue weighted by Gasteiger charge is 2.09. The molecule has 2 aromatic rings. The van der Waals surface area contributed by atoms with E-state index in [2.05, 4.69) is 15.9 Å². The van der Waals surface area contributed by atoms with Crippen molar-refractivity contribution >= 4 is 39.3 Å². The van der Waals surface area contributed by atoms with Crippen molar-refractivity contribution in [3.8, 4) is 16.9 Å². The maximum atomic E-state index is 9.57. The van der Waals surface area contributed by atoms with Gasteiger partial charge in [0, 0.05) is 20.0 Å². The van der Waals surface area contributed by atoms with Crippen molar-refractivity contribution in [3.05, 3.63) is 45.9 Å². The maximum Gasteiger partial charge on any atom is 0.116 e. The molecule has 1 nitrogen and oxygen atoms in total. The molecule has 0 heterocycles. The number of phenols is 1. The molecule has 0 atom stereocenters. The highest BCUT2D eigenvalue weighted by atomic mass is 79.9. The molecule has 0 radical (unpaired) electrons. The quantitative estimate of drug-likeness (QED) is 0.764. The van der Waals surface area contributed by atoms with Crippen LogP contribution in [0.5, 0.6) is 5.75 Å². The number of benzene rings is 2. The Morgan fingerprint density at radius 2 is 1.88 bits per heavy atom. The van der Waals surface area contributed by atoms with Crippen LogP contribution in [0.3, 0.4) is 0 Å². The summed E-state index contributed by atoms with van der Waals surface area (Å²) in [6.07, 6.45) is 2.02. The van der Waals surface area contributed by atoms with Crippen molar-refractivity contribution in [2.75, 3.05) is 6.26 Å². The lowest BCUT2D eigenvalue weighted by molar-refractivity contribution is 0.475. The number of hydrogen-bond donors (Lipinski definition) is 1. The predicted octanol–water partition coefficient (Wildman–Crippen LogP) is 5.20. The van der Waals surface area contributed by atoms with Crippen LogP contribution in [0.2, 0.25) is 5.02 Å². The molecule has 0 aliphatic rings. The molecule has 1 N–H and O–H groups in total. The first-order chi connectivity index (χ1) is 8.11. The molecule has 0 fully saturated rings. The number of aromatic hydroxyl groups is 1. The van der Waals surface area contributed by atoms with Crippen LogP contribution in [0.1, 0.15) is 0 Å². The zero-order valence-corrected chi connectivity index (χ0v) is 12.2. The van der Waals surface area contributed by atoms with E-state index in [4.69, 9.17) is 11.6 Å². The molecule has 88 valence electrons. The second-order valence-corrected chi connectivity index (χ2v) is 5.65. The number of hydrogen-bond acceptors (Lipinski definition) is 2. The van der Waals surface area contributed by atoms with E-state index in [1.165, 1.54) is 0 Å². The molecule has 4 heteroatoms. The van der Waals surface area contributed by atoms with E-state index in [-0.39, 0.29) is 5.75 Å². The summed E-state index contributed by atoms with van der Waals surface area (Å²) in [5.41, 5.74) is 1.96. The summed E-state index contributed by atoms with van der Waals surface area (Å²) in [5, 5.41) is 10.3. The lowest BCUT2D eigenvalue weighted by Crippen LogP contribution is -1.84.